The number of nitrogens with two attached hydrogens (primary N) is 1. The predicted octanol–water partition coefficient (Wildman–Crippen LogP) is 2.93. The van der Waals surface area contributed by atoms with Crippen LogP contribution in [0, 0.1) is 0 Å². The molecule has 0 amide bonds. The molecule has 2 unspecified atom stereocenters. The lowest BCUT2D eigenvalue weighted by atomic mass is 9.91. The second-order valence-corrected chi connectivity index (χ2v) is 4.59. The Morgan fingerprint density at radius 1 is 1.17 bits per heavy atom. The van der Waals surface area contributed by atoms with Crippen LogP contribution in [0.2, 0.25) is 0 Å². The van der Waals surface area contributed by atoms with Gasteiger partial charge in [0.25, 0.3) is 0 Å². The van der Waals surface area contributed by atoms with E-state index in [0.29, 0.717) is 13.2 Å². The molecule has 2 atom stereocenters. The molecule has 0 aliphatic carbocycles. The maximum Gasteiger partial charge on any atom is 0.416 e. The normalized spacial score (nSPS) is 25.1. The molecular weight excluding hydrogens is 243 g/mol. The Morgan fingerprint density at radius 2 is 1.83 bits per heavy atom. The van der Waals surface area contributed by atoms with Crippen LogP contribution in [0.25, 0.3) is 0 Å². The molecule has 0 saturated carbocycles. The van der Waals surface area contributed by atoms with E-state index in [1.54, 1.807) is 12.1 Å². The van der Waals surface area contributed by atoms with E-state index in [4.69, 9.17) is 10.5 Å². The highest BCUT2D eigenvalue weighted by atomic mass is 19.4. The topological polar surface area (TPSA) is 35.2 Å². The van der Waals surface area contributed by atoms with Crippen LogP contribution in [-0.4, -0.2) is 19.3 Å². The lowest BCUT2D eigenvalue weighted by Gasteiger charge is -2.28. The maximum atomic E-state index is 12.4. The van der Waals surface area contributed by atoms with Gasteiger partial charge >= 0.3 is 6.18 Å². The SMILES string of the molecule is NCC1CCC(c2ccc(C(F)(F)F)cc2)CO1. The van der Waals surface area contributed by atoms with Crippen molar-refractivity contribution in [2.24, 2.45) is 5.73 Å². The van der Waals surface area contributed by atoms with Crippen molar-refractivity contribution in [3.05, 3.63) is 35.4 Å². The molecule has 5 heteroatoms. The van der Waals surface area contributed by atoms with E-state index in [1.807, 2.05) is 0 Å². The summed E-state index contributed by atoms with van der Waals surface area (Å²) in [4.78, 5) is 0. The number of hydrogen-bond donors (Lipinski definition) is 1. The Bertz CT molecular complexity index is 380. The van der Waals surface area contributed by atoms with Gasteiger partial charge in [-0.15, -0.1) is 0 Å². The van der Waals surface area contributed by atoms with Crippen molar-refractivity contribution < 1.29 is 17.9 Å². The van der Waals surface area contributed by atoms with E-state index in [-0.39, 0.29) is 12.0 Å². The summed E-state index contributed by atoms with van der Waals surface area (Å²) in [5.74, 6) is 0.176. The minimum absolute atomic E-state index is 0.0932. The maximum absolute atomic E-state index is 12.4. The summed E-state index contributed by atoms with van der Waals surface area (Å²) in [5.41, 5.74) is 5.80. The van der Waals surface area contributed by atoms with Gasteiger partial charge in [0.05, 0.1) is 18.3 Å². The van der Waals surface area contributed by atoms with Crippen molar-refractivity contribution in [2.45, 2.75) is 31.0 Å². The number of halogens is 3. The minimum atomic E-state index is -4.27. The van der Waals surface area contributed by atoms with E-state index in [2.05, 4.69) is 0 Å². The van der Waals surface area contributed by atoms with Gasteiger partial charge in [-0.2, -0.15) is 13.2 Å². The molecule has 2 nitrogen and oxygen atoms in total. The van der Waals surface area contributed by atoms with Gasteiger partial charge in [-0.3, -0.25) is 0 Å². The molecule has 0 radical (unpaired) electrons. The first-order valence-electron chi connectivity index (χ1n) is 5.99. The van der Waals surface area contributed by atoms with Crippen molar-refractivity contribution in [1.29, 1.82) is 0 Å². The third-order valence-corrected chi connectivity index (χ3v) is 3.34. The summed E-state index contributed by atoms with van der Waals surface area (Å²) in [6.07, 6.45) is -2.41. The van der Waals surface area contributed by atoms with Gasteiger partial charge < -0.3 is 10.5 Å². The molecular formula is C13H16F3NO. The van der Waals surface area contributed by atoms with E-state index in [0.717, 1.165) is 30.5 Å². The lowest BCUT2D eigenvalue weighted by Crippen LogP contribution is -2.30. The molecule has 18 heavy (non-hydrogen) atoms. The van der Waals surface area contributed by atoms with E-state index >= 15 is 0 Å². The average Bonchev–Trinajstić information content (AvgIpc) is 2.38. The van der Waals surface area contributed by atoms with Crippen LogP contribution < -0.4 is 5.73 Å². The number of benzene rings is 1. The summed E-state index contributed by atoms with van der Waals surface area (Å²) < 4.78 is 42.8. The monoisotopic (exact) mass is 259 g/mol. The molecule has 1 aliphatic rings. The molecule has 1 aromatic carbocycles. The number of alkyl halides is 3. The predicted molar refractivity (Wildman–Crippen MR) is 62.2 cm³/mol. The van der Waals surface area contributed by atoms with Crippen molar-refractivity contribution >= 4 is 0 Å². The molecule has 2 rings (SSSR count). The summed E-state index contributed by atoms with van der Waals surface area (Å²) in [6, 6.07) is 5.34. The third-order valence-electron chi connectivity index (χ3n) is 3.34. The van der Waals surface area contributed by atoms with Crippen LogP contribution in [0.1, 0.15) is 29.9 Å². The molecule has 1 heterocycles. The van der Waals surface area contributed by atoms with Gasteiger partial charge in [-0.1, -0.05) is 12.1 Å². The molecule has 1 aliphatic heterocycles. The quantitative estimate of drug-likeness (QED) is 0.886. The third kappa shape index (κ3) is 3.03. The summed E-state index contributed by atoms with van der Waals surface area (Å²) >= 11 is 0. The molecule has 100 valence electrons. The fourth-order valence-corrected chi connectivity index (χ4v) is 2.20. The molecule has 1 aromatic rings. The largest absolute Gasteiger partial charge is 0.416 e. The van der Waals surface area contributed by atoms with Gasteiger partial charge in [0.1, 0.15) is 0 Å². The standard InChI is InChI=1S/C13H16F3NO/c14-13(15,16)11-4-1-9(2-5-11)10-3-6-12(7-17)18-8-10/h1-2,4-5,10,12H,3,6-8,17H2. The summed E-state index contributed by atoms with van der Waals surface area (Å²) in [7, 11) is 0. The van der Waals surface area contributed by atoms with Gasteiger partial charge in [-0.05, 0) is 30.5 Å². The lowest BCUT2D eigenvalue weighted by molar-refractivity contribution is -0.137. The zero-order chi connectivity index (χ0) is 13.2. The highest BCUT2D eigenvalue weighted by Crippen LogP contribution is 2.32. The first-order chi connectivity index (χ1) is 8.50. The fraction of sp³-hybridized carbons (Fsp3) is 0.538. The average molecular weight is 259 g/mol. The van der Waals surface area contributed by atoms with E-state index in [9.17, 15) is 13.2 Å². The van der Waals surface area contributed by atoms with Crippen LogP contribution in [-0.2, 0) is 10.9 Å². The second kappa shape index (κ2) is 5.28. The smallest absolute Gasteiger partial charge is 0.376 e. The molecule has 0 aromatic heterocycles. The molecule has 0 spiro atoms. The second-order valence-electron chi connectivity index (χ2n) is 4.59. The van der Waals surface area contributed by atoms with Crippen LogP contribution in [0.15, 0.2) is 24.3 Å². The van der Waals surface area contributed by atoms with Crippen LogP contribution >= 0.6 is 0 Å². The van der Waals surface area contributed by atoms with Crippen molar-refractivity contribution in [3.8, 4) is 0 Å². The van der Waals surface area contributed by atoms with Crippen LogP contribution in [0.5, 0.6) is 0 Å². The molecule has 0 bridgehead atoms. The first-order valence-corrected chi connectivity index (χ1v) is 5.99. The highest BCUT2D eigenvalue weighted by Gasteiger charge is 2.30. The Kier molecular flexibility index (Phi) is 3.92. The molecule has 1 fully saturated rings. The van der Waals surface area contributed by atoms with Crippen molar-refractivity contribution in [2.75, 3.05) is 13.2 Å². The Labute approximate surface area is 104 Å². The van der Waals surface area contributed by atoms with Gasteiger partial charge in [0.15, 0.2) is 0 Å². The van der Waals surface area contributed by atoms with Gasteiger partial charge in [0.2, 0.25) is 0 Å². The van der Waals surface area contributed by atoms with Gasteiger partial charge in [0, 0.05) is 12.5 Å². The molecule has 2 N–H and O–H groups in total. The number of hydrogen-bond acceptors (Lipinski definition) is 2. The highest BCUT2D eigenvalue weighted by molar-refractivity contribution is 5.27. The van der Waals surface area contributed by atoms with Crippen molar-refractivity contribution in [3.63, 3.8) is 0 Å². The summed E-state index contributed by atoms with van der Waals surface area (Å²) in [6.45, 7) is 1.03. The molecule has 1 saturated heterocycles. The van der Waals surface area contributed by atoms with E-state index in [1.165, 1.54) is 0 Å². The van der Waals surface area contributed by atoms with Crippen LogP contribution in [0.4, 0.5) is 13.2 Å². The van der Waals surface area contributed by atoms with Gasteiger partial charge in [-0.25, -0.2) is 0 Å². The Morgan fingerprint density at radius 3 is 2.28 bits per heavy atom. The minimum Gasteiger partial charge on any atom is -0.376 e. The zero-order valence-electron chi connectivity index (χ0n) is 9.91. The fourth-order valence-electron chi connectivity index (χ4n) is 2.20. The number of rotatable bonds is 2. The number of ether oxygens (including phenoxy) is 1. The Hall–Kier alpha value is -1.07. The van der Waals surface area contributed by atoms with Crippen molar-refractivity contribution in [1.82, 2.24) is 0 Å². The Balaban J connectivity index is 2.02. The van der Waals surface area contributed by atoms with Crippen LogP contribution in [0.3, 0.4) is 0 Å². The van der Waals surface area contributed by atoms with E-state index < -0.39 is 11.7 Å². The summed E-state index contributed by atoms with van der Waals surface area (Å²) in [5, 5.41) is 0. The first kappa shape index (κ1) is 13.4. The zero-order valence-corrected chi connectivity index (χ0v) is 9.91.